The average molecular weight is 409 g/mol. The molecule has 0 unspecified atom stereocenters. The van der Waals surface area contributed by atoms with Crippen molar-refractivity contribution >= 4 is 22.8 Å². The van der Waals surface area contributed by atoms with Crippen LogP contribution in [0.15, 0.2) is 42.7 Å². The zero-order chi connectivity index (χ0) is 21.7. The predicted octanol–water partition coefficient (Wildman–Crippen LogP) is 3.09. The molecule has 3 aromatic rings. The first kappa shape index (κ1) is 21.4. The van der Waals surface area contributed by atoms with E-state index in [2.05, 4.69) is 47.4 Å². The van der Waals surface area contributed by atoms with Gasteiger partial charge in [-0.25, -0.2) is 4.98 Å². The van der Waals surface area contributed by atoms with Crippen LogP contribution in [0.2, 0.25) is 0 Å². The Hall–Kier alpha value is -3.35. The standard InChI is InChI=1S/C23H28N4O3/c1-15-5-8-20(17(11-15)23(2,3)4)30-13-21(28)24-9-10-25-22(29)16-6-7-18-19(12-16)27-14-26-18/h5-8,11-12,14H,9-10,13H2,1-4H3,(H,24,28)(H,25,29)(H,26,27). The van der Waals surface area contributed by atoms with Gasteiger partial charge in [0, 0.05) is 18.7 Å². The summed E-state index contributed by atoms with van der Waals surface area (Å²) in [7, 11) is 0. The second-order valence-corrected chi connectivity index (χ2v) is 8.28. The number of nitrogens with one attached hydrogen (secondary N) is 3. The molecule has 0 aliphatic heterocycles. The molecular formula is C23H28N4O3. The summed E-state index contributed by atoms with van der Waals surface area (Å²) >= 11 is 0. The number of carbonyl (C=O) groups is 2. The van der Waals surface area contributed by atoms with Gasteiger partial charge >= 0.3 is 0 Å². The quantitative estimate of drug-likeness (QED) is 0.524. The van der Waals surface area contributed by atoms with Gasteiger partial charge in [0.15, 0.2) is 6.61 Å². The van der Waals surface area contributed by atoms with Crippen molar-refractivity contribution in [3.63, 3.8) is 0 Å². The third-order valence-corrected chi connectivity index (χ3v) is 4.72. The Balaban J connectivity index is 1.44. The first-order chi connectivity index (χ1) is 14.2. The van der Waals surface area contributed by atoms with Gasteiger partial charge in [-0.2, -0.15) is 0 Å². The van der Waals surface area contributed by atoms with Crippen LogP contribution >= 0.6 is 0 Å². The largest absolute Gasteiger partial charge is 0.483 e. The van der Waals surface area contributed by atoms with Crippen LogP contribution in [0.5, 0.6) is 5.75 Å². The number of imidazole rings is 1. The number of fused-ring (bicyclic) bond motifs is 1. The van der Waals surface area contributed by atoms with Crippen LogP contribution in [0.1, 0.15) is 42.3 Å². The fourth-order valence-electron chi connectivity index (χ4n) is 3.11. The Kier molecular flexibility index (Phi) is 6.40. The molecule has 7 heteroatoms. The molecule has 0 atom stereocenters. The van der Waals surface area contributed by atoms with Gasteiger partial charge in [0.2, 0.25) is 0 Å². The molecule has 7 nitrogen and oxygen atoms in total. The van der Waals surface area contributed by atoms with E-state index >= 15 is 0 Å². The van der Waals surface area contributed by atoms with Crippen LogP contribution < -0.4 is 15.4 Å². The minimum atomic E-state index is -0.233. The van der Waals surface area contributed by atoms with Gasteiger partial charge in [0.1, 0.15) is 5.75 Å². The molecule has 0 aliphatic rings. The topological polar surface area (TPSA) is 96.1 Å². The maximum absolute atomic E-state index is 12.2. The molecule has 0 spiro atoms. The third kappa shape index (κ3) is 5.37. The van der Waals surface area contributed by atoms with Gasteiger partial charge in [-0.3, -0.25) is 9.59 Å². The lowest BCUT2D eigenvalue weighted by Gasteiger charge is -2.23. The highest BCUT2D eigenvalue weighted by Gasteiger charge is 2.19. The number of hydrogen-bond donors (Lipinski definition) is 3. The first-order valence-electron chi connectivity index (χ1n) is 9.96. The number of benzene rings is 2. The number of aromatic amines is 1. The van der Waals surface area contributed by atoms with Crippen molar-refractivity contribution in [3.8, 4) is 5.75 Å². The summed E-state index contributed by atoms with van der Waals surface area (Å²) in [5, 5.41) is 5.55. The van der Waals surface area contributed by atoms with E-state index in [1.807, 2.05) is 19.1 Å². The van der Waals surface area contributed by atoms with E-state index < -0.39 is 0 Å². The molecule has 0 radical (unpaired) electrons. The highest BCUT2D eigenvalue weighted by molar-refractivity contribution is 5.97. The van der Waals surface area contributed by atoms with E-state index in [4.69, 9.17) is 4.74 Å². The van der Waals surface area contributed by atoms with E-state index in [0.29, 0.717) is 24.4 Å². The number of aromatic nitrogens is 2. The number of hydrogen-bond acceptors (Lipinski definition) is 4. The molecule has 3 N–H and O–H groups in total. The maximum Gasteiger partial charge on any atom is 0.258 e. The number of H-pyrrole nitrogens is 1. The van der Waals surface area contributed by atoms with Crippen molar-refractivity contribution in [2.24, 2.45) is 0 Å². The minimum Gasteiger partial charge on any atom is -0.483 e. The fraction of sp³-hybridized carbons (Fsp3) is 0.348. The molecule has 3 rings (SSSR count). The average Bonchev–Trinajstić information content (AvgIpc) is 3.17. The number of amides is 2. The summed E-state index contributed by atoms with van der Waals surface area (Å²) in [4.78, 5) is 31.5. The molecule has 0 saturated carbocycles. The smallest absolute Gasteiger partial charge is 0.258 e. The zero-order valence-electron chi connectivity index (χ0n) is 17.8. The molecule has 1 heterocycles. The molecule has 0 aliphatic carbocycles. The molecule has 158 valence electrons. The normalized spacial score (nSPS) is 11.3. The Bertz CT molecular complexity index is 1050. The molecule has 30 heavy (non-hydrogen) atoms. The Morgan fingerprint density at radius 3 is 2.60 bits per heavy atom. The van der Waals surface area contributed by atoms with Crippen molar-refractivity contribution in [3.05, 3.63) is 59.4 Å². The summed E-state index contributed by atoms with van der Waals surface area (Å²) in [6.07, 6.45) is 1.59. The molecular weight excluding hydrogens is 380 g/mol. The van der Waals surface area contributed by atoms with Crippen molar-refractivity contribution in [2.75, 3.05) is 19.7 Å². The predicted molar refractivity (Wildman–Crippen MR) is 117 cm³/mol. The molecule has 0 fully saturated rings. The molecule has 0 saturated heterocycles. The summed E-state index contributed by atoms with van der Waals surface area (Å²) in [6.45, 7) is 8.94. The molecule has 2 aromatic carbocycles. The van der Waals surface area contributed by atoms with Gasteiger partial charge in [-0.1, -0.05) is 38.5 Å². The van der Waals surface area contributed by atoms with Gasteiger partial charge < -0.3 is 20.4 Å². The molecule has 0 bridgehead atoms. The molecule has 1 aromatic heterocycles. The van der Waals surface area contributed by atoms with E-state index in [1.54, 1.807) is 24.5 Å². The van der Waals surface area contributed by atoms with Crippen molar-refractivity contribution in [1.29, 1.82) is 0 Å². The van der Waals surface area contributed by atoms with E-state index in [9.17, 15) is 9.59 Å². The number of rotatable bonds is 7. The second-order valence-electron chi connectivity index (χ2n) is 8.28. The molecule has 2 amide bonds. The minimum absolute atomic E-state index is 0.0728. The summed E-state index contributed by atoms with van der Waals surface area (Å²) in [5.74, 6) is 0.279. The summed E-state index contributed by atoms with van der Waals surface area (Å²) in [6, 6.07) is 11.2. The van der Waals surface area contributed by atoms with Crippen LogP contribution in [-0.4, -0.2) is 41.5 Å². The number of carbonyl (C=O) groups excluding carboxylic acids is 2. The highest BCUT2D eigenvalue weighted by atomic mass is 16.5. The van der Waals surface area contributed by atoms with Gasteiger partial charge in [0.25, 0.3) is 11.8 Å². The van der Waals surface area contributed by atoms with Crippen molar-refractivity contribution in [1.82, 2.24) is 20.6 Å². The fourth-order valence-corrected chi connectivity index (χ4v) is 3.11. The lowest BCUT2D eigenvalue weighted by molar-refractivity contribution is -0.123. The Morgan fingerprint density at radius 1 is 1.07 bits per heavy atom. The van der Waals surface area contributed by atoms with Gasteiger partial charge in [-0.15, -0.1) is 0 Å². The van der Waals surface area contributed by atoms with Crippen LogP contribution in [0, 0.1) is 6.92 Å². The summed E-state index contributed by atoms with van der Waals surface area (Å²) < 4.78 is 5.75. The number of nitrogens with zero attached hydrogens (tertiary/aromatic N) is 1. The summed E-state index contributed by atoms with van der Waals surface area (Å²) in [5.41, 5.74) is 4.29. The third-order valence-electron chi connectivity index (χ3n) is 4.72. The highest BCUT2D eigenvalue weighted by Crippen LogP contribution is 2.32. The van der Waals surface area contributed by atoms with Gasteiger partial charge in [-0.05, 0) is 42.2 Å². The van der Waals surface area contributed by atoms with Crippen LogP contribution in [0.3, 0.4) is 0 Å². The lowest BCUT2D eigenvalue weighted by Crippen LogP contribution is -2.36. The van der Waals surface area contributed by atoms with E-state index in [-0.39, 0.29) is 23.8 Å². The van der Waals surface area contributed by atoms with Crippen LogP contribution in [0.25, 0.3) is 11.0 Å². The maximum atomic E-state index is 12.2. The van der Waals surface area contributed by atoms with E-state index in [1.165, 1.54) is 0 Å². The number of aryl methyl sites for hydroxylation is 1. The Labute approximate surface area is 176 Å². The van der Waals surface area contributed by atoms with E-state index in [0.717, 1.165) is 22.2 Å². The van der Waals surface area contributed by atoms with Crippen LogP contribution in [0.4, 0.5) is 0 Å². The number of ether oxygens (including phenoxy) is 1. The lowest BCUT2D eigenvalue weighted by atomic mass is 9.85. The SMILES string of the molecule is Cc1ccc(OCC(=O)NCCNC(=O)c2ccc3nc[nH]c3c2)c(C(C)(C)C)c1. The van der Waals surface area contributed by atoms with Crippen molar-refractivity contribution < 1.29 is 14.3 Å². The first-order valence-corrected chi connectivity index (χ1v) is 9.96. The Morgan fingerprint density at radius 2 is 1.83 bits per heavy atom. The monoisotopic (exact) mass is 408 g/mol. The van der Waals surface area contributed by atoms with Crippen molar-refractivity contribution in [2.45, 2.75) is 33.1 Å². The second kappa shape index (κ2) is 8.98. The van der Waals surface area contributed by atoms with Crippen LogP contribution in [-0.2, 0) is 10.2 Å². The zero-order valence-corrected chi connectivity index (χ0v) is 17.8. The van der Waals surface area contributed by atoms with Gasteiger partial charge in [0.05, 0.1) is 17.4 Å².